The zero-order chi connectivity index (χ0) is 23.4. The van der Waals surface area contributed by atoms with Crippen molar-refractivity contribution in [2.24, 2.45) is 0 Å². The smallest absolute Gasteiger partial charge is 0.222 e. The first kappa shape index (κ1) is 23.1. The molecule has 1 saturated heterocycles. The van der Waals surface area contributed by atoms with Gasteiger partial charge in [0, 0.05) is 38.0 Å². The Balaban J connectivity index is 1.22. The largest absolute Gasteiger partial charge is 0.494 e. The van der Waals surface area contributed by atoms with Crippen LogP contribution in [-0.2, 0) is 10.2 Å². The molecule has 4 rings (SSSR count). The van der Waals surface area contributed by atoms with Gasteiger partial charge < -0.3 is 14.5 Å². The summed E-state index contributed by atoms with van der Waals surface area (Å²) in [5.74, 6) is 2.08. The lowest BCUT2D eigenvalue weighted by Gasteiger charge is -2.35. The van der Waals surface area contributed by atoms with E-state index in [1.807, 2.05) is 23.1 Å². The summed E-state index contributed by atoms with van der Waals surface area (Å²) in [6.45, 7) is 12.4. The summed E-state index contributed by atoms with van der Waals surface area (Å²) in [5.41, 5.74) is 3.69. The molecule has 1 fully saturated rings. The minimum atomic E-state index is 0.137. The van der Waals surface area contributed by atoms with Crippen molar-refractivity contribution >= 4 is 22.6 Å². The summed E-state index contributed by atoms with van der Waals surface area (Å²) in [6.07, 6.45) is 1.25. The van der Waals surface area contributed by atoms with Crippen molar-refractivity contribution in [3.63, 3.8) is 0 Å². The number of piperazine rings is 1. The van der Waals surface area contributed by atoms with Gasteiger partial charge >= 0.3 is 0 Å². The lowest BCUT2D eigenvalue weighted by molar-refractivity contribution is -0.131. The summed E-state index contributed by atoms with van der Waals surface area (Å²) >= 11 is 0. The van der Waals surface area contributed by atoms with E-state index in [0.29, 0.717) is 13.0 Å². The van der Waals surface area contributed by atoms with E-state index in [0.717, 1.165) is 49.7 Å². The Bertz CT molecular complexity index is 1090. The molecule has 0 saturated carbocycles. The monoisotopic (exact) mass is 445 g/mol. The number of aryl methyl sites for hydroxylation is 1. The van der Waals surface area contributed by atoms with E-state index in [-0.39, 0.29) is 11.3 Å². The molecule has 0 atom stereocenters. The maximum Gasteiger partial charge on any atom is 0.222 e. The standard InChI is InChI=1S/C28H35N3O2/c1-21-20-26(29-25-9-6-5-8-24(21)25)30-15-17-31(18-16-30)27(32)10-7-19-33-23-13-11-22(12-14-23)28(2,3)4/h5-6,8-9,11-14,20H,7,10,15-19H2,1-4H3. The van der Waals surface area contributed by atoms with Crippen molar-refractivity contribution in [1.82, 2.24) is 9.88 Å². The number of ether oxygens (including phenoxy) is 1. The number of fused-ring (bicyclic) bond motifs is 1. The van der Waals surface area contributed by atoms with Crippen LogP contribution in [0.4, 0.5) is 5.82 Å². The minimum Gasteiger partial charge on any atom is -0.494 e. The Kier molecular flexibility index (Phi) is 6.87. The van der Waals surface area contributed by atoms with Crippen LogP contribution in [0.2, 0.25) is 0 Å². The number of pyridine rings is 1. The minimum absolute atomic E-state index is 0.137. The number of para-hydroxylation sites is 1. The average molecular weight is 446 g/mol. The van der Waals surface area contributed by atoms with Crippen molar-refractivity contribution in [3.05, 3.63) is 65.7 Å². The number of aromatic nitrogens is 1. The molecule has 5 nitrogen and oxygen atoms in total. The summed E-state index contributed by atoms with van der Waals surface area (Å²) < 4.78 is 5.85. The fourth-order valence-corrected chi connectivity index (χ4v) is 4.30. The normalized spacial score (nSPS) is 14.5. The third-order valence-corrected chi connectivity index (χ3v) is 6.39. The van der Waals surface area contributed by atoms with E-state index in [2.05, 4.69) is 69.0 Å². The number of hydrogen-bond acceptors (Lipinski definition) is 4. The third kappa shape index (κ3) is 5.65. The van der Waals surface area contributed by atoms with Crippen LogP contribution in [-0.4, -0.2) is 48.6 Å². The number of carbonyl (C=O) groups is 1. The van der Waals surface area contributed by atoms with Crippen LogP contribution in [0.25, 0.3) is 10.9 Å². The molecule has 1 aromatic heterocycles. The van der Waals surface area contributed by atoms with E-state index < -0.39 is 0 Å². The van der Waals surface area contributed by atoms with Crippen LogP contribution in [0.1, 0.15) is 44.7 Å². The fourth-order valence-electron chi connectivity index (χ4n) is 4.30. The first-order chi connectivity index (χ1) is 15.8. The van der Waals surface area contributed by atoms with Crippen LogP contribution in [0.15, 0.2) is 54.6 Å². The Morgan fingerprint density at radius 3 is 2.39 bits per heavy atom. The highest BCUT2D eigenvalue weighted by Crippen LogP contribution is 2.25. The SMILES string of the molecule is Cc1cc(N2CCN(C(=O)CCCOc3ccc(C(C)(C)C)cc3)CC2)nc2ccccc12. The van der Waals surface area contributed by atoms with Gasteiger partial charge in [-0.3, -0.25) is 4.79 Å². The van der Waals surface area contributed by atoms with Gasteiger partial charge in [-0.05, 0) is 54.2 Å². The quantitative estimate of drug-likeness (QED) is 0.480. The Hall–Kier alpha value is -3.08. The molecule has 33 heavy (non-hydrogen) atoms. The molecule has 174 valence electrons. The second-order valence-corrected chi connectivity index (χ2v) is 9.91. The van der Waals surface area contributed by atoms with Crippen molar-refractivity contribution in [2.45, 2.75) is 46.0 Å². The predicted molar refractivity (Wildman–Crippen MR) is 135 cm³/mol. The van der Waals surface area contributed by atoms with E-state index in [9.17, 15) is 4.79 Å². The number of amides is 1. The molecule has 2 heterocycles. The highest BCUT2D eigenvalue weighted by atomic mass is 16.5. The van der Waals surface area contributed by atoms with E-state index in [1.165, 1.54) is 16.5 Å². The molecule has 2 aromatic carbocycles. The Morgan fingerprint density at radius 2 is 1.70 bits per heavy atom. The molecule has 0 bridgehead atoms. The Labute approximate surface area is 197 Å². The molecule has 0 aliphatic carbocycles. The second kappa shape index (κ2) is 9.82. The predicted octanol–water partition coefficient (Wildman–Crippen LogP) is 5.35. The van der Waals surface area contributed by atoms with Gasteiger partial charge in [0.2, 0.25) is 5.91 Å². The summed E-state index contributed by atoms with van der Waals surface area (Å²) in [7, 11) is 0. The first-order valence-corrected chi connectivity index (χ1v) is 11.9. The fraction of sp³-hybridized carbons (Fsp3) is 0.429. The third-order valence-electron chi connectivity index (χ3n) is 6.39. The molecule has 3 aromatic rings. The molecule has 5 heteroatoms. The Morgan fingerprint density at radius 1 is 1.00 bits per heavy atom. The number of hydrogen-bond donors (Lipinski definition) is 0. The number of carbonyl (C=O) groups excluding carboxylic acids is 1. The van der Waals surface area contributed by atoms with Gasteiger partial charge in [0.25, 0.3) is 0 Å². The van der Waals surface area contributed by atoms with Gasteiger partial charge in [0.05, 0.1) is 12.1 Å². The van der Waals surface area contributed by atoms with Gasteiger partial charge in [0.15, 0.2) is 0 Å². The van der Waals surface area contributed by atoms with Crippen LogP contribution in [0.3, 0.4) is 0 Å². The van der Waals surface area contributed by atoms with Crippen LogP contribution < -0.4 is 9.64 Å². The number of nitrogens with zero attached hydrogens (tertiary/aromatic N) is 3. The zero-order valence-electron chi connectivity index (χ0n) is 20.3. The summed E-state index contributed by atoms with van der Waals surface area (Å²) in [6, 6.07) is 18.7. The van der Waals surface area contributed by atoms with Crippen LogP contribution in [0, 0.1) is 6.92 Å². The van der Waals surface area contributed by atoms with Crippen molar-refractivity contribution in [2.75, 3.05) is 37.7 Å². The van der Waals surface area contributed by atoms with Gasteiger partial charge in [-0.15, -0.1) is 0 Å². The summed E-state index contributed by atoms with van der Waals surface area (Å²) in [5, 5.41) is 1.20. The van der Waals surface area contributed by atoms with E-state index in [1.54, 1.807) is 0 Å². The van der Waals surface area contributed by atoms with Crippen molar-refractivity contribution in [1.29, 1.82) is 0 Å². The van der Waals surface area contributed by atoms with Crippen molar-refractivity contribution in [3.8, 4) is 5.75 Å². The van der Waals surface area contributed by atoms with Gasteiger partial charge in [0.1, 0.15) is 11.6 Å². The lowest BCUT2D eigenvalue weighted by atomic mass is 9.87. The van der Waals surface area contributed by atoms with Gasteiger partial charge in [-0.1, -0.05) is 51.1 Å². The molecule has 0 radical (unpaired) electrons. The molecular weight excluding hydrogens is 410 g/mol. The molecule has 0 unspecified atom stereocenters. The highest BCUT2D eigenvalue weighted by molar-refractivity contribution is 5.84. The average Bonchev–Trinajstić information content (AvgIpc) is 2.81. The maximum atomic E-state index is 12.7. The maximum absolute atomic E-state index is 12.7. The highest BCUT2D eigenvalue weighted by Gasteiger charge is 2.22. The number of anilines is 1. The molecule has 1 aliphatic heterocycles. The molecular formula is C28H35N3O2. The number of rotatable bonds is 6. The van der Waals surface area contributed by atoms with E-state index in [4.69, 9.17) is 9.72 Å². The van der Waals surface area contributed by atoms with E-state index >= 15 is 0 Å². The lowest BCUT2D eigenvalue weighted by Crippen LogP contribution is -2.49. The van der Waals surface area contributed by atoms with Crippen LogP contribution >= 0.6 is 0 Å². The first-order valence-electron chi connectivity index (χ1n) is 11.9. The van der Waals surface area contributed by atoms with Crippen molar-refractivity contribution < 1.29 is 9.53 Å². The number of benzene rings is 2. The molecule has 1 aliphatic rings. The molecule has 0 N–H and O–H groups in total. The molecule has 1 amide bonds. The van der Waals surface area contributed by atoms with Gasteiger partial charge in [-0.25, -0.2) is 4.98 Å². The summed E-state index contributed by atoms with van der Waals surface area (Å²) in [4.78, 5) is 21.8. The topological polar surface area (TPSA) is 45.7 Å². The second-order valence-electron chi connectivity index (χ2n) is 9.91. The van der Waals surface area contributed by atoms with Gasteiger partial charge in [-0.2, -0.15) is 0 Å². The van der Waals surface area contributed by atoms with Crippen LogP contribution in [0.5, 0.6) is 5.75 Å². The zero-order valence-corrected chi connectivity index (χ0v) is 20.3. The molecule has 0 spiro atoms.